The number of ether oxygens (including phenoxy) is 1. The number of hydrogen-bond acceptors (Lipinski definition) is 4. The minimum Gasteiger partial charge on any atom is -0.492 e. The molecule has 1 aromatic carbocycles. The van der Waals surface area contributed by atoms with Crippen LogP contribution < -0.4 is 15.4 Å². The summed E-state index contributed by atoms with van der Waals surface area (Å²) in [7, 11) is 0. The van der Waals surface area contributed by atoms with Crippen molar-refractivity contribution >= 4 is 17.3 Å². The van der Waals surface area contributed by atoms with Crippen molar-refractivity contribution in [1.82, 2.24) is 10.3 Å². The van der Waals surface area contributed by atoms with Gasteiger partial charge in [-0.2, -0.15) is 0 Å². The van der Waals surface area contributed by atoms with Crippen LogP contribution in [-0.4, -0.2) is 23.5 Å². The number of aromatic nitrogens is 1. The molecule has 138 valence electrons. The lowest BCUT2D eigenvalue weighted by molar-refractivity contribution is 0.0928. The van der Waals surface area contributed by atoms with Crippen LogP contribution in [0.3, 0.4) is 0 Å². The number of nitrogens with one attached hydrogen (secondary N) is 2. The minimum atomic E-state index is -0.0985. The molecule has 2 aromatic rings. The smallest absolute Gasteiger partial charge is 0.270 e. The van der Waals surface area contributed by atoms with E-state index >= 15 is 0 Å². The minimum absolute atomic E-state index is 0.0985. The molecule has 3 rings (SSSR count). The van der Waals surface area contributed by atoms with Crippen LogP contribution in [0, 0.1) is 0 Å². The summed E-state index contributed by atoms with van der Waals surface area (Å²) < 4.78 is 5.64. The number of carbonyl (C=O) groups excluding carboxylic acids is 1. The Morgan fingerprint density at radius 3 is 2.69 bits per heavy atom. The van der Waals surface area contributed by atoms with Crippen molar-refractivity contribution in [3.05, 3.63) is 48.3 Å². The van der Waals surface area contributed by atoms with Crippen LogP contribution in [0.1, 0.15) is 55.9 Å². The summed E-state index contributed by atoms with van der Waals surface area (Å²) in [4.78, 5) is 16.8. The fraction of sp³-hybridized carbons (Fsp3) is 0.429. The molecule has 0 saturated heterocycles. The Hall–Kier alpha value is -2.56. The van der Waals surface area contributed by atoms with Crippen molar-refractivity contribution in [2.45, 2.75) is 51.5 Å². The molecule has 2 N–H and O–H groups in total. The van der Waals surface area contributed by atoms with Crippen LogP contribution in [0.15, 0.2) is 42.6 Å². The molecule has 1 aliphatic carbocycles. The maximum absolute atomic E-state index is 12.6. The third-order valence-corrected chi connectivity index (χ3v) is 4.65. The topological polar surface area (TPSA) is 63.2 Å². The largest absolute Gasteiger partial charge is 0.492 e. The summed E-state index contributed by atoms with van der Waals surface area (Å²) in [6, 6.07) is 11.7. The van der Waals surface area contributed by atoms with Gasteiger partial charge in [0.15, 0.2) is 0 Å². The highest BCUT2D eigenvalue weighted by Gasteiger charge is 2.17. The van der Waals surface area contributed by atoms with Gasteiger partial charge in [0.1, 0.15) is 11.4 Å². The molecule has 5 nitrogen and oxygen atoms in total. The van der Waals surface area contributed by atoms with Gasteiger partial charge < -0.3 is 15.4 Å². The van der Waals surface area contributed by atoms with Gasteiger partial charge in [-0.1, -0.05) is 37.8 Å². The number of amides is 1. The molecule has 0 atom stereocenters. The molecule has 26 heavy (non-hydrogen) atoms. The van der Waals surface area contributed by atoms with Crippen molar-refractivity contribution in [2.24, 2.45) is 0 Å². The van der Waals surface area contributed by atoms with Crippen LogP contribution in [0.25, 0.3) is 0 Å². The zero-order chi connectivity index (χ0) is 18.2. The Bertz CT molecular complexity index is 725. The Morgan fingerprint density at radius 2 is 1.92 bits per heavy atom. The fourth-order valence-corrected chi connectivity index (χ4v) is 3.32. The fourth-order valence-electron chi connectivity index (χ4n) is 3.32. The molecular weight excluding hydrogens is 326 g/mol. The van der Waals surface area contributed by atoms with Gasteiger partial charge in [-0.15, -0.1) is 0 Å². The molecule has 1 aromatic heterocycles. The summed E-state index contributed by atoms with van der Waals surface area (Å²) >= 11 is 0. The van der Waals surface area contributed by atoms with Crippen molar-refractivity contribution < 1.29 is 9.53 Å². The lowest BCUT2D eigenvalue weighted by Gasteiger charge is -2.16. The van der Waals surface area contributed by atoms with E-state index in [2.05, 4.69) is 15.6 Å². The van der Waals surface area contributed by atoms with E-state index in [1.807, 2.05) is 37.3 Å². The van der Waals surface area contributed by atoms with Crippen LogP contribution in [0.2, 0.25) is 0 Å². The third kappa shape index (κ3) is 4.97. The van der Waals surface area contributed by atoms with E-state index < -0.39 is 0 Å². The Morgan fingerprint density at radius 1 is 1.15 bits per heavy atom. The first-order chi connectivity index (χ1) is 12.8. The molecule has 1 fully saturated rings. The average molecular weight is 353 g/mol. The number of benzene rings is 1. The van der Waals surface area contributed by atoms with E-state index in [-0.39, 0.29) is 11.9 Å². The number of para-hydroxylation sites is 2. The van der Waals surface area contributed by atoms with Gasteiger partial charge in [0.2, 0.25) is 0 Å². The Balaban J connectivity index is 1.69. The number of pyridine rings is 1. The molecule has 0 spiro atoms. The van der Waals surface area contributed by atoms with Crippen molar-refractivity contribution in [3.63, 3.8) is 0 Å². The van der Waals surface area contributed by atoms with Crippen LogP contribution in [0.4, 0.5) is 11.4 Å². The number of hydrogen-bond donors (Lipinski definition) is 2. The first-order valence-corrected chi connectivity index (χ1v) is 9.52. The molecule has 1 heterocycles. The standard InChI is InChI=1S/C21H27N3O2/c1-2-26-20-12-8-7-11-18(20)23-17-13-14-22-19(15-17)21(25)24-16-9-5-3-4-6-10-16/h7-8,11-16H,2-6,9-10H2,1H3,(H,22,23)(H,24,25). The number of nitrogens with zero attached hydrogens (tertiary/aromatic N) is 1. The zero-order valence-electron chi connectivity index (χ0n) is 15.3. The SMILES string of the molecule is CCOc1ccccc1Nc1ccnc(C(=O)NC2CCCCCC2)c1. The maximum Gasteiger partial charge on any atom is 0.270 e. The number of anilines is 2. The second kappa shape index (κ2) is 9.22. The van der Waals surface area contributed by atoms with E-state index in [1.165, 1.54) is 25.7 Å². The summed E-state index contributed by atoms with van der Waals surface area (Å²) in [5.41, 5.74) is 2.13. The first kappa shape index (κ1) is 18.2. The predicted molar refractivity (Wildman–Crippen MR) is 104 cm³/mol. The second-order valence-electron chi connectivity index (χ2n) is 6.65. The van der Waals surface area contributed by atoms with Crippen LogP contribution in [-0.2, 0) is 0 Å². The summed E-state index contributed by atoms with van der Waals surface area (Å²) in [6.07, 6.45) is 8.69. The van der Waals surface area contributed by atoms with Gasteiger partial charge in [0.05, 0.1) is 12.3 Å². The normalized spacial score (nSPS) is 15.1. The highest BCUT2D eigenvalue weighted by molar-refractivity contribution is 5.93. The summed E-state index contributed by atoms with van der Waals surface area (Å²) in [5.74, 6) is 0.690. The predicted octanol–water partition coefficient (Wildman–Crippen LogP) is 4.68. The zero-order valence-corrected chi connectivity index (χ0v) is 15.3. The average Bonchev–Trinajstić information content (AvgIpc) is 2.92. The van der Waals surface area contributed by atoms with Gasteiger partial charge in [0.25, 0.3) is 5.91 Å². The second-order valence-corrected chi connectivity index (χ2v) is 6.65. The molecule has 0 unspecified atom stereocenters. The lowest BCUT2D eigenvalue weighted by atomic mass is 10.1. The Kier molecular flexibility index (Phi) is 6.47. The quantitative estimate of drug-likeness (QED) is 0.740. The first-order valence-electron chi connectivity index (χ1n) is 9.52. The molecule has 0 bridgehead atoms. The number of carbonyl (C=O) groups is 1. The lowest BCUT2D eigenvalue weighted by Crippen LogP contribution is -2.34. The molecule has 1 aliphatic rings. The van der Waals surface area contributed by atoms with Gasteiger partial charge in [-0.3, -0.25) is 9.78 Å². The van der Waals surface area contributed by atoms with Gasteiger partial charge in [-0.05, 0) is 44.0 Å². The van der Waals surface area contributed by atoms with E-state index in [4.69, 9.17) is 4.74 Å². The third-order valence-electron chi connectivity index (χ3n) is 4.65. The van der Waals surface area contributed by atoms with Gasteiger partial charge >= 0.3 is 0 Å². The van der Waals surface area contributed by atoms with E-state index in [0.717, 1.165) is 30.0 Å². The molecule has 0 aliphatic heterocycles. The van der Waals surface area contributed by atoms with E-state index in [9.17, 15) is 4.79 Å². The number of rotatable bonds is 6. The summed E-state index contributed by atoms with van der Waals surface area (Å²) in [5, 5.41) is 6.47. The van der Waals surface area contributed by atoms with Gasteiger partial charge in [0, 0.05) is 17.9 Å². The van der Waals surface area contributed by atoms with Crippen molar-refractivity contribution in [3.8, 4) is 5.75 Å². The van der Waals surface area contributed by atoms with Crippen molar-refractivity contribution in [1.29, 1.82) is 0 Å². The highest BCUT2D eigenvalue weighted by Crippen LogP contribution is 2.27. The van der Waals surface area contributed by atoms with Gasteiger partial charge in [-0.25, -0.2) is 0 Å². The molecule has 5 heteroatoms. The Labute approximate surface area is 155 Å². The maximum atomic E-state index is 12.6. The highest BCUT2D eigenvalue weighted by atomic mass is 16.5. The molecule has 1 amide bonds. The van der Waals surface area contributed by atoms with E-state index in [0.29, 0.717) is 12.3 Å². The van der Waals surface area contributed by atoms with Crippen LogP contribution in [0.5, 0.6) is 5.75 Å². The van der Waals surface area contributed by atoms with E-state index in [1.54, 1.807) is 12.3 Å². The summed E-state index contributed by atoms with van der Waals surface area (Å²) in [6.45, 7) is 2.56. The molecule has 1 saturated carbocycles. The molecular formula is C21H27N3O2. The van der Waals surface area contributed by atoms with Crippen LogP contribution >= 0.6 is 0 Å². The monoisotopic (exact) mass is 353 g/mol. The molecule has 0 radical (unpaired) electrons. The van der Waals surface area contributed by atoms with Crippen molar-refractivity contribution in [2.75, 3.05) is 11.9 Å².